The minimum absolute atomic E-state index is 0.812. The number of quaternary nitrogens is 1. The third-order valence-electron chi connectivity index (χ3n) is 3.78. The van der Waals surface area contributed by atoms with Crippen LogP contribution in [0.15, 0.2) is 24.3 Å². The van der Waals surface area contributed by atoms with Gasteiger partial charge in [0, 0.05) is 10.6 Å². The third kappa shape index (κ3) is 4.33. The van der Waals surface area contributed by atoms with Crippen LogP contribution in [-0.2, 0) is 6.54 Å². The molecule has 2 rings (SSSR count). The Morgan fingerprint density at radius 3 is 2.35 bits per heavy atom. The molecule has 1 aromatic rings. The zero-order valence-electron chi connectivity index (χ0n) is 10.5. The summed E-state index contributed by atoms with van der Waals surface area (Å²) in [6.45, 7) is 1.03. The lowest BCUT2D eigenvalue weighted by Gasteiger charge is -2.18. The molecule has 0 bridgehead atoms. The van der Waals surface area contributed by atoms with Crippen LogP contribution < -0.4 is 5.32 Å². The summed E-state index contributed by atoms with van der Waals surface area (Å²) in [5.74, 6) is 0. The van der Waals surface area contributed by atoms with Gasteiger partial charge in [-0.05, 0) is 31.7 Å². The molecule has 2 heteroatoms. The normalized spacial score (nSPS) is 18.6. The summed E-state index contributed by atoms with van der Waals surface area (Å²) in [4.78, 5) is 0. The second-order valence-electron chi connectivity index (χ2n) is 5.14. The lowest BCUT2D eigenvalue weighted by Crippen LogP contribution is -2.88. The molecule has 94 valence electrons. The van der Waals surface area contributed by atoms with E-state index in [9.17, 15) is 0 Å². The Labute approximate surface area is 110 Å². The zero-order valence-corrected chi connectivity index (χ0v) is 11.3. The molecule has 1 aliphatic rings. The maximum Gasteiger partial charge on any atom is 0.103 e. The third-order valence-corrected chi connectivity index (χ3v) is 4.15. The highest BCUT2D eigenvalue weighted by molar-refractivity contribution is 6.31. The Hall–Kier alpha value is -0.530. The average molecular weight is 253 g/mol. The van der Waals surface area contributed by atoms with Gasteiger partial charge in [-0.25, -0.2) is 0 Å². The molecule has 0 unspecified atom stereocenters. The molecule has 1 saturated carbocycles. The smallest absolute Gasteiger partial charge is 0.103 e. The first kappa shape index (κ1) is 12.9. The predicted octanol–water partition coefficient (Wildman–Crippen LogP) is 3.52. The summed E-state index contributed by atoms with van der Waals surface area (Å²) in [5.41, 5.74) is 1.27. The van der Waals surface area contributed by atoms with Crippen LogP contribution in [0.2, 0.25) is 5.02 Å². The van der Waals surface area contributed by atoms with E-state index in [0.29, 0.717) is 0 Å². The highest BCUT2D eigenvalue weighted by atomic mass is 35.5. The van der Waals surface area contributed by atoms with Gasteiger partial charge in [-0.3, -0.25) is 0 Å². The van der Waals surface area contributed by atoms with Gasteiger partial charge >= 0.3 is 0 Å². The molecule has 0 aliphatic heterocycles. The van der Waals surface area contributed by atoms with Crippen molar-refractivity contribution in [1.82, 2.24) is 0 Å². The van der Waals surface area contributed by atoms with E-state index in [2.05, 4.69) is 17.4 Å². The van der Waals surface area contributed by atoms with Crippen molar-refractivity contribution < 1.29 is 5.32 Å². The fourth-order valence-electron chi connectivity index (χ4n) is 2.68. The molecule has 1 aliphatic carbocycles. The fraction of sp³-hybridized carbons (Fsp3) is 0.600. The Kier molecular flexibility index (Phi) is 5.34. The molecule has 2 N–H and O–H groups in total. The van der Waals surface area contributed by atoms with Crippen molar-refractivity contribution in [1.29, 1.82) is 0 Å². The van der Waals surface area contributed by atoms with E-state index in [1.165, 1.54) is 50.5 Å². The number of benzene rings is 1. The molecule has 1 aromatic carbocycles. The van der Waals surface area contributed by atoms with Crippen molar-refractivity contribution in [3.05, 3.63) is 34.9 Å². The topological polar surface area (TPSA) is 16.6 Å². The van der Waals surface area contributed by atoms with Crippen molar-refractivity contribution in [2.24, 2.45) is 0 Å². The lowest BCUT2D eigenvalue weighted by atomic mass is 9.96. The summed E-state index contributed by atoms with van der Waals surface area (Å²) in [5, 5.41) is 3.40. The maximum absolute atomic E-state index is 6.18. The van der Waals surface area contributed by atoms with Crippen molar-refractivity contribution >= 4 is 11.6 Å². The van der Waals surface area contributed by atoms with Crippen LogP contribution >= 0.6 is 11.6 Å². The molecule has 1 nitrogen and oxygen atoms in total. The molecule has 1 fully saturated rings. The summed E-state index contributed by atoms with van der Waals surface area (Å²) in [7, 11) is 0. The Morgan fingerprint density at radius 2 is 1.65 bits per heavy atom. The number of nitrogens with two attached hydrogens (primary N) is 1. The highest BCUT2D eigenvalue weighted by Crippen LogP contribution is 2.16. The number of halogens is 1. The van der Waals surface area contributed by atoms with Crippen LogP contribution in [0.1, 0.15) is 50.5 Å². The minimum atomic E-state index is 0.812. The van der Waals surface area contributed by atoms with Crippen LogP contribution in [0.5, 0.6) is 0 Å². The molecular formula is C15H23ClN+. The van der Waals surface area contributed by atoms with Gasteiger partial charge in [-0.2, -0.15) is 0 Å². The molecule has 0 saturated heterocycles. The summed E-state index contributed by atoms with van der Waals surface area (Å²) in [6, 6.07) is 9.02. The molecular weight excluding hydrogens is 230 g/mol. The van der Waals surface area contributed by atoms with Gasteiger partial charge in [0.25, 0.3) is 0 Å². The standard InChI is InChI=1S/C15H22ClN/c16-15-11-7-6-8-13(15)12-17-14-9-4-2-1-3-5-10-14/h6-8,11,14,17H,1-5,9-10,12H2/p+1. The Balaban J connectivity index is 1.82. The molecule has 17 heavy (non-hydrogen) atoms. The first-order valence-electron chi connectivity index (χ1n) is 6.93. The average Bonchev–Trinajstić information content (AvgIpc) is 2.29. The van der Waals surface area contributed by atoms with Crippen molar-refractivity contribution in [3.8, 4) is 0 Å². The largest absolute Gasteiger partial charge is 0.340 e. The van der Waals surface area contributed by atoms with E-state index in [0.717, 1.165) is 17.6 Å². The van der Waals surface area contributed by atoms with Crippen molar-refractivity contribution in [3.63, 3.8) is 0 Å². The van der Waals surface area contributed by atoms with E-state index in [4.69, 9.17) is 11.6 Å². The van der Waals surface area contributed by atoms with Crippen LogP contribution in [0.25, 0.3) is 0 Å². The first-order chi connectivity index (χ1) is 8.36. The summed E-state index contributed by atoms with van der Waals surface area (Å²) < 4.78 is 0. The second kappa shape index (κ2) is 7.03. The van der Waals surface area contributed by atoms with Crippen LogP contribution in [0, 0.1) is 0 Å². The van der Waals surface area contributed by atoms with E-state index in [-0.39, 0.29) is 0 Å². The van der Waals surface area contributed by atoms with Crippen molar-refractivity contribution in [2.75, 3.05) is 0 Å². The maximum atomic E-state index is 6.18. The van der Waals surface area contributed by atoms with Gasteiger partial charge < -0.3 is 5.32 Å². The van der Waals surface area contributed by atoms with E-state index >= 15 is 0 Å². The molecule has 0 atom stereocenters. The number of rotatable bonds is 3. The highest BCUT2D eigenvalue weighted by Gasteiger charge is 2.14. The van der Waals surface area contributed by atoms with E-state index in [1.807, 2.05) is 12.1 Å². The molecule has 0 aromatic heterocycles. The molecule has 0 heterocycles. The quantitative estimate of drug-likeness (QED) is 0.848. The van der Waals surface area contributed by atoms with Gasteiger partial charge in [0.05, 0.1) is 6.04 Å². The minimum Gasteiger partial charge on any atom is -0.340 e. The second-order valence-corrected chi connectivity index (χ2v) is 5.54. The molecule has 0 amide bonds. The molecule has 0 radical (unpaired) electrons. The SMILES string of the molecule is Clc1ccccc1C[NH2+]C1CCCCCCC1. The lowest BCUT2D eigenvalue weighted by molar-refractivity contribution is -0.706. The van der Waals surface area contributed by atoms with Crippen LogP contribution in [0.3, 0.4) is 0 Å². The predicted molar refractivity (Wildman–Crippen MR) is 73.2 cm³/mol. The van der Waals surface area contributed by atoms with Gasteiger partial charge in [0.15, 0.2) is 0 Å². The van der Waals surface area contributed by atoms with Gasteiger partial charge in [0.1, 0.15) is 6.54 Å². The van der Waals surface area contributed by atoms with Gasteiger partial charge in [0.2, 0.25) is 0 Å². The summed E-state index contributed by atoms with van der Waals surface area (Å²) in [6.07, 6.45) is 9.87. The van der Waals surface area contributed by atoms with Crippen molar-refractivity contribution in [2.45, 2.75) is 57.5 Å². The Morgan fingerprint density at radius 1 is 1.00 bits per heavy atom. The fourth-order valence-corrected chi connectivity index (χ4v) is 2.89. The zero-order chi connectivity index (χ0) is 11.9. The van der Waals surface area contributed by atoms with E-state index in [1.54, 1.807) is 0 Å². The first-order valence-corrected chi connectivity index (χ1v) is 7.31. The molecule has 0 spiro atoms. The number of hydrogen-bond donors (Lipinski definition) is 1. The van der Waals surface area contributed by atoms with E-state index < -0.39 is 0 Å². The number of hydrogen-bond acceptors (Lipinski definition) is 0. The Bertz CT molecular complexity index is 329. The van der Waals surface area contributed by atoms with Gasteiger partial charge in [-0.15, -0.1) is 0 Å². The van der Waals surface area contributed by atoms with Crippen LogP contribution in [0.4, 0.5) is 0 Å². The summed E-state index contributed by atoms with van der Waals surface area (Å²) >= 11 is 6.18. The monoisotopic (exact) mass is 252 g/mol. The van der Waals surface area contributed by atoms with Crippen LogP contribution in [-0.4, -0.2) is 6.04 Å². The van der Waals surface area contributed by atoms with Gasteiger partial charge in [-0.1, -0.05) is 49.1 Å².